The predicted molar refractivity (Wildman–Crippen MR) is 76.0 cm³/mol. The molecule has 0 aliphatic heterocycles. The van der Waals surface area contributed by atoms with E-state index in [-0.39, 0.29) is 5.69 Å². The molecule has 0 saturated heterocycles. The number of ether oxygens (including phenoxy) is 1. The summed E-state index contributed by atoms with van der Waals surface area (Å²) in [6.07, 6.45) is 0. The molecule has 0 unspecified atom stereocenters. The standard InChI is InChI=1S/C12H18ClN3O3/c1-15(8-9-19-2)7-6-14-12-10(13)4-3-5-11(12)16(17)18/h3-5,14H,6-9H2,1-2H3. The lowest BCUT2D eigenvalue weighted by Crippen LogP contribution is -2.28. The number of benzene rings is 1. The lowest BCUT2D eigenvalue weighted by Gasteiger charge is -2.17. The highest BCUT2D eigenvalue weighted by molar-refractivity contribution is 6.33. The molecule has 0 atom stereocenters. The van der Waals surface area contributed by atoms with Crippen molar-refractivity contribution in [1.29, 1.82) is 0 Å². The van der Waals surface area contributed by atoms with Crippen LogP contribution in [0, 0.1) is 10.1 Å². The zero-order chi connectivity index (χ0) is 14.3. The van der Waals surface area contributed by atoms with Crippen LogP contribution in [-0.4, -0.2) is 50.2 Å². The zero-order valence-corrected chi connectivity index (χ0v) is 11.8. The molecule has 1 N–H and O–H groups in total. The number of nitro benzene ring substituents is 1. The molecule has 0 fully saturated rings. The Labute approximate surface area is 117 Å². The molecule has 0 aromatic heterocycles. The molecule has 0 saturated carbocycles. The van der Waals surface area contributed by atoms with E-state index >= 15 is 0 Å². The third-order valence-corrected chi connectivity index (χ3v) is 2.98. The maximum atomic E-state index is 10.9. The van der Waals surface area contributed by atoms with Crippen molar-refractivity contribution in [2.24, 2.45) is 0 Å². The minimum atomic E-state index is -0.442. The van der Waals surface area contributed by atoms with E-state index in [1.165, 1.54) is 6.07 Å². The lowest BCUT2D eigenvalue weighted by molar-refractivity contribution is -0.383. The third kappa shape index (κ3) is 5.02. The van der Waals surface area contributed by atoms with Gasteiger partial charge in [0.2, 0.25) is 0 Å². The van der Waals surface area contributed by atoms with Crippen molar-refractivity contribution in [3.8, 4) is 0 Å². The van der Waals surface area contributed by atoms with Crippen molar-refractivity contribution in [3.05, 3.63) is 33.3 Å². The van der Waals surface area contributed by atoms with Crippen LogP contribution in [0.1, 0.15) is 0 Å². The topological polar surface area (TPSA) is 67.6 Å². The van der Waals surface area contributed by atoms with Crippen LogP contribution in [0.4, 0.5) is 11.4 Å². The molecule has 0 radical (unpaired) electrons. The van der Waals surface area contributed by atoms with Gasteiger partial charge in [-0.2, -0.15) is 0 Å². The molecule has 0 bridgehead atoms. The maximum Gasteiger partial charge on any atom is 0.293 e. The monoisotopic (exact) mass is 287 g/mol. The highest BCUT2D eigenvalue weighted by atomic mass is 35.5. The number of nitrogens with zero attached hydrogens (tertiary/aromatic N) is 2. The Morgan fingerprint density at radius 3 is 2.84 bits per heavy atom. The van der Waals surface area contributed by atoms with Gasteiger partial charge in [0.15, 0.2) is 0 Å². The summed E-state index contributed by atoms with van der Waals surface area (Å²) in [7, 11) is 3.61. The second-order valence-corrected chi connectivity index (χ2v) is 4.52. The van der Waals surface area contributed by atoms with Crippen molar-refractivity contribution in [1.82, 2.24) is 4.90 Å². The van der Waals surface area contributed by atoms with Gasteiger partial charge in [0.1, 0.15) is 5.69 Å². The van der Waals surface area contributed by atoms with E-state index < -0.39 is 4.92 Å². The van der Waals surface area contributed by atoms with Gasteiger partial charge in [-0.05, 0) is 13.1 Å². The third-order valence-electron chi connectivity index (χ3n) is 2.66. The first kappa shape index (κ1) is 15.7. The molecule has 1 aromatic carbocycles. The first-order valence-corrected chi connectivity index (χ1v) is 6.28. The molecule has 0 aliphatic carbocycles. The molecule has 0 heterocycles. The number of nitro groups is 1. The first-order chi connectivity index (χ1) is 9.06. The summed E-state index contributed by atoms with van der Waals surface area (Å²) in [5.41, 5.74) is 0.362. The van der Waals surface area contributed by atoms with Crippen LogP contribution >= 0.6 is 11.6 Å². The van der Waals surface area contributed by atoms with Crippen LogP contribution < -0.4 is 5.32 Å². The second-order valence-electron chi connectivity index (χ2n) is 4.11. The Kier molecular flexibility index (Phi) is 6.55. The molecule has 19 heavy (non-hydrogen) atoms. The number of para-hydroxylation sites is 1. The quantitative estimate of drug-likeness (QED) is 0.587. The molecular formula is C12H18ClN3O3. The Hall–Kier alpha value is -1.37. The van der Waals surface area contributed by atoms with Crippen molar-refractivity contribution < 1.29 is 9.66 Å². The number of anilines is 1. The van der Waals surface area contributed by atoms with Crippen LogP contribution in [-0.2, 0) is 4.74 Å². The molecule has 0 aliphatic rings. The molecule has 6 nitrogen and oxygen atoms in total. The first-order valence-electron chi connectivity index (χ1n) is 5.90. The number of rotatable bonds is 8. The van der Waals surface area contributed by atoms with Gasteiger partial charge >= 0.3 is 0 Å². The zero-order valence-electron chi connectivity index (χ0n) is 11.1. The van der Waals surface area contributed by atoms with Crippen LogP contribution in [0.3, 0.4) is 0 Å². The average molecular weight is 288 g/mol. The summed E-state index contributed by atoms with van der Waals surface area (Å²) in [6, 6.07) is 4.63. The van der Waals surface area contributed by atoms with E-state index in [2.05, 4.69) is 10.2 Å². The fraction of sp³-hybridized carbons (Fsp3) is 0.500. The molecule has 1 rings (SSSR count). The van der Waals surface area contributed by atoms with E-state index in [0.717, 1.165) is 13.1 Å². The molecule has 0 spiro atoms. The molecule has 0 amide bonds. The summed E-state index contributed by atoms with van der Waals surface area (Å²) in [6.45, 7) is 2.78. The van der Waals surface area contributed by atoms with Gasteiger partial charge < -0.3 is 15.0 Å². The van der Waals surface area contributed by atoms with Gasteiger partial charge in [-0.15, -0.1) is 0 Å². The molecule has 7 heteroatoms. The van der Waals surface area contributed by atoms with Crippen molar-refractivity contribution >= 4 is 23.0 Å². The number of hydrogen-bond donors (Lipinski definition) is 1. The van der Waals surface area contributed by atoms with E-state index in [9.17, 15) is 10.1 Å². The Bertz CT molecular complexity index is 429. The van der Waals surface area contributed by atoms with Crippen molar-refractivity contribution in [3.63, 3.8) is 0 Å². The second kappa shape index (κ2) is 7.93. The molecular weight excluding hydrogens is 270 g/mol. The van der Waals surface area contributed by atoms with E-state index in [1.54, 1.807) is 19.2 Å². The smallest absolute Gasteiger partial charge is 0.293 e. The SMILES string of the molecule is COCCN(C)CCNc1c(Cl)cccc1[N+](=O)[O-]. The van der Waals surface area contributed by atoms with Crippen LogP contribution in [0.15, 0.2) is 18.2 Å². The Morgan fingerprint density at radius 2 is 2.21 bits per heavy atom. The maximum absolute atomic E-state index is 10.9. The number of likely N-dealkylation sites (N-methyl/N-ethyl adjacent to an activating group) is 1. The summed E-state index contributed by atoms with van der Waals surface area (Å²) >= 11 is 5.97. The van der Waals surface area contributed by atoms with Crippen LogP contribution in [0.5, 0.6) is 0 Å². The highest BCUT2D eigenvalue weighted by Crippen LogP contribution is 2.31. The largest absolute Gasteiger partial charge is 0.383 e. The number of halogens is 1. The Balaban J connectivity index is 2.55. The van der Waals surface area contributed by atoms with E-state index in [4.69, 9.17) is 16.3 Å². The van der Waals surface area contributed by atoms with Gasteiger partial charge in [-0.3, -0.25) is 10.1 Å². The van der Waals surface area contributed by atoms with E-state index in [0.29, 0.717) is 23.9 Å². The summed E-state index contributed by atoms with van der Waals surface area (Å²) in [5.74, 6) is 0. The highest BCUT2D eigenvalue weighted by Gasteiger charge is 2.15. The van der Waals surface area contributed by atoms with Gasteiger partial charge in [-0.1, -0.05) is 17.7 Å². The normalized spacial score (nSPS) is 10.7. The fourth-order valence-corrected chi connectivity index (χ4v) is 1.81. The summed E-state index contributed by atoms with van der Waals surface area (Å²) in [4.78, 5) is 12.5. The average Bonchev–Trinajstić information content (AvgIpc) is 2.37. The summed E-state index contributed by atoms with van der Waals surface area (Å²) < 4.78 is 4.97. The lowest BCUT2D eigenvalue weighted by atomic mass is 10.2. The number of nitrogens with one attached hydrogen (secondary N) is 1. The predicted octanol–water partition coefficient (Wildman–Crippen LogP) is 2.24. The van der Waals surface area contributed by atoms with Gasteiger partial charge in [0.05, 0.1) is 16.6 Å². The minimum absolute atomic E-state index is 0.00737. The van der Waals surface area contributed by atoms with Gasteiger partial charge in [0, 0.05) is 32.8 Å². The van der Waals surface area contributed by atoms with Crippen molar-refractivity contribution in [2.45, 2.75) is 0 Å². The van der Waals surface area contributed by atoms with Crippen molar-refractivity contribution in [2.75, 3.05) is 45.7 Å². The van der Waals surface area contributed by atoms with E-state index in [1.807, 2.05) is 7.05 Å². The van der Waals surface area contributed by atoms with Gasteiger partial charge in [0.25, 0.3) is 5.69 Å². The fourth-order valence-electron chi connectivity index (χ4n) is 1.57. The number of hydrogen-bond acceptors (Lipinski definition) is 5. The minimum Gasteiger partial charge on any atom is -0.383 e. The van der Waals surface area contributed by atoms with Crippen LogP contribution in [0.2, 0.25) is 5.02 Å². The molecule has 106 valence electrons. The summed E-state index contributed by atoms with van der Waals surface area (Å²) in [5, 5.41) is 14.3. The van der Waals surface area contributed by atoms with Crippen LogP contribution in [0.25, 0.3) is 0 Å². The van der Waals surface area contributed by atoms with Gasteiger partial charge in [-0.25, -0.2) is 0 Å². The number of methoxy groups -OCH3 is 1. The molecule has 1 aromatic rings. The Morgan fingerprint density at radius 1 is 1.47 bits per heavy atom.